The zero-order valence-electron chi connectivity index (χ0n) is 12.1. The molecule has 0 aromatic heterocycles. The Morgan fingerprint density at radius 2 is 1.90 bits per heavy atom. The van der Waals surface area contributed by atoms with Crippen molar-refractivity contribution in [3.05, 3.63) is 0 Å². The van der Waals surface area contributed by atoms with E-state index >= 15 is 0 Å². The summed E-state index contributed by atoms with van der Waals surface area (Å²) >= 11 is 0. The fourth-order valence-corrected chi connectivity index (χ4v) is 2.06. The molecule has 0 unspecified atom stereocenters. The molecule has 1 saturated heterocycles. The predicted octanol–water partition coefficient (Wildman–Crippen LogP) is 1.70. The van der Waals surface area contributed by atoms with E-state index in [2.05, 4.69) is 6.07 Å². The summed E-state index contributed by atoms with van der Waals surface area (Å²) in [6, 6.07) is 2.10. The van der Waals surface area contributed by atoms with Crippen molar-refractivity contribution in [1.82, 2.24) is 4.90 Å². The standard InChI is InChI=1S/C14H20N2O4/c1-14(2,3)20-13(18)16-7-10(6-15)11(8-16)19-12(17)9-4-5-9/h9-11H,4-5,7-8H2,1-3H3/t10-,11+/m1/s1. The average molecular weight is 280 g/mol. The first-order valence-electron chi connectivity index (χ1n) is 6.88. The SMILES string of the molecule is CC(C)(C)OC(=O)N1C[C@@H](C#N)[C@@H](OC(=O)C2CC2)C1. The Morgan fingerprint density at radius 1 is 1.25 bits per heavy atom. The highest BCUT2D eigenvalue weighted by atomic mass is 16.6. The van der Waals surface area contributed by atoms with Crippen LogP contribution in [0.3, 0.4) is 0 Å². The van der Waals surface area contributed by atoms with E-state index in [1.807, 2.05) is 0 Å². The summed E-state index contributed by atoms with van der Waals surface area (Å²) in [5.74, 6) is -0.739. The van der Waals surface area contributed by atoms with Gasteiger partial charge in [-0.3, -0.25) is 4.79 Å². The van der Waals surface area contributed by atoms with Gasteiger partial charge in [0, 0.05) is 6.54 Å². The van der Waals surface area contributed by atoms with Crippen molar-refractivity contribution in [3.8, 4) is 6.07 Å². The number of carbonyl (C=O) groups excluding carboxylic acids is 2. The fourth-order valence-electron chi connectivity index (χ4n) is 2.06. The van der Waals surface area contributed by atoms with E-state index in [9.17, 15) is 9.59 Å². The second-order valence-electron chi connectivity index (χ2n) is 6.37. The maximum atomic E-state index is 12.0. The van der Waals surface area contributed by atoms with Crippen LogP contribution in [0, 0.1) is 23.2 Å². The molecule has 1 saturated carbocycles. The Kier molecular flexibility index (Phi) is 3.89. The van der Waals surface area contributed by atoms with Crippen molar-refractivity contribution in [1.29, 1.82) is 5.26 Å². The molecule has 1 amide bonds. The molecule has 0 N–H and O–H groups in total. The van der Waals surface area contributed by atoms with E-state index in [-0.39, 0.29) is 25.0 Å². The molecule has 0 radical (unpaired) electrons. The monoisotopic (exact) mass is 280 g/mol. The van der Waals surface area contributed by atoms with Crippen molar-refractivity contribution in [3.63, 3.8) is 0 Å². The van der Waals surface area contributed by atoms with Crippen LogP contribution in [0.5, 0.6) is 0 Å². The minimum absolute atomic E-state index is 0.00933. The lowest BCUT2D eigenvalue weighted by Gasteiger charge is -2.24. The molecule has 2 aliphatic rings. The summed E-state index contributed by atoms with van der Waals surface area (Å²) in [4.78, 5) is 25.1. The van der Waals surface area contributed by atoms with Crippen LogP contribution >= 0.6 is 0 Å². The zero-order valence-corrected chi connectivity index (χ0v) is 12.1. The van der Waals surface area contributed by atoms with Crippen molar-refractivity contribution < 1.29 is 19.1 Å². The lowest BCUT2D eigenvalue weighted by atomic mass is 10.1. The molecular formula is C14H20N2O4. The third-order valence-corrected chi connectivity index (χ3v) is 3.26. The van der Waals surface area contributed by atoms with Gasteiger partial charge in [-0.25, -0.2) is 4.79 Å². The van der Waals surface area contributed by atoms with Gasteiger partial charge in [0.15, 0.2) is 0 Å². The number of amides is 1. The number of likely N-dealkylation sites (tertiary alicyclic amines) is 1. The van der Waals surface area contributed by atoms with Gasteiger partial charge in [-0.05, 0) is 33.6 Å². The normalized spacial score (nSPS) is 26.0. The smallest absolute Gasteiger partial charge is 0.410 e. The van der Waals surface area contributed by atoms with Crippen LogP contribution in [-0.2, 0) is 14.3 Å². The van der Waals surface area contributed by atoms with Crippen molar-refractivity contribution >= 4 is 12.1 Å². The molecule has 0 bridgehead atoms. The summed E-state index contributed by atoms with van der Waals surface area (Å²) in [5, 5.41) is 9.12. The summed E-state index contributed by atoms with van der Waals surface area (Å²) in [6.45, 7) is 5.83. The average Bonchev–Trinajstić information content (AvgIpc) is 3.09. The van der Waals surface area contributed by atoms with Crippen LogP contribution < -0.4 is 0 Å². The van der Waals surface area contributed by atoms with E-state index in [0.717, 1.165) is 12.8 Å². The Labute approximate surface area is 118 Å². The van der Waals surface area contributed by atoms with Gasteiger partial charge in [-0.1, -0.05) is 0 Å². The maximum Gasteiger partial charge on any atom is 0.410 e. The minimum atomic E-state index is -0.581. The number of nitriles is 1. The van der Waals surface area contributed by atoms with Crippen molar-refractivity contribution in [2.45, 2.75) is 45.3 Å². The lowest BCUT2D eigenvalue weighted by molar-refractivity contribution is -0.151. The second kappa shape index (κ2) is 5.31. The summed E-state index contributed by atoms with van der Waals surface area (Å²) in [5.41, 5.74) is -0.581. The number of carbonyl (C=O) groups is 2. The molecule has 6 nitrogen and oxygen atoms in total. The molecule has 6 heteroatoms. The van der Waals surface area contributed by atoms with Gasteiger partial charge < -0.3 is 14.4 Å². The Hall–Kier alpha value is -1.77. The largest absolute Gasteiger partial charge is 0.459 e. The first kappa shape index (κ1) is 14.6. The van der Waals surface area contributed by atoms with E-state index in [1.54, 1.807) is 20.8 Å². The third-order valence-electron chi connectivity index (χ3n) is 3.26. The van der Waals surface area contributed by atoms with Gasteiger partial charge in [0.1, 0.15) is 17.6 Å². The number of ether oxygens (including phenoxy) is 2. The zero-order chi connectivity index (χ0) is 14.9. The number of esters is 1. The molecule has 2 atom stereocenters. The highest BCUT2D eigenvalue weighted by Gasteiger charge is 2.42. The quantitative estimate of drug-likeness (QED) is 0.719. The van der Waals surface area contributed by atoms with Crippen molar-refractivity contribution in [2.75, 3.05) is 13.1 Å². The topological polar surface area (TPSA) is 79.6 Å². The molecule has 2 rings (SSSR count). The molecule has 1 aliphatic carbocycles. The van der Waals surface area contributed by atoms with Gasteiger partial charge in [0.25, 0.3) is 0 Å². The number of hydrogen-bond acceptors (Lipinski definition) is 5. The molecule has 0 aromatic carbocycles. The van der Waals surface area contributed by atoms with Gasteiger partial charge in [0.2, 0.25) is 0 Å². The maximum absolute atomic E-state index is 12.0. The highest BCUT2D eigenvalue weighted by molar-refractivity contribution is 5.75. The molecule has 1 heterocycles. The molecular weight excluding hydrogens is 260 g/mol. The number of hydrogen-bond donors (Lipinski definition) is 0. The van der Waals surface area contributed by atoms with Gasteiger partial charge in [-0.15, -0.1) is 0 Å². The third kappa shape index (κ3) is 3.62. The van der Waals surface area contributed by atoms with Gasteiger partial charge in [-0.2, -0.15) is 5.26 Å². The molecule has 0 spiro atoms. The fraction of sp³-hybridized carbons (Fsp3) is 0.786. The van der Waals surface area contributed by atoms with Crippen LogP contribution in [-0.4, -0.2) is 41.8 Å². The van der Waals surface area contributed by atoms with Gasteiger partial charge in [0.05, 0.1) is 18.5 Å². The Balaban J connectivity index is 1.93. The van der Waals surface area contributed by atoms with Crippen LogP contribution in [0.25, 0.3) is 0 Å². The number of nitrogens with zero attached hydrogens (tertiary/aromatic N) is 2. The van der Waals surface area contributed by atoms with Crippen LogP contribution in [0.1, 0.15) is 33.6 Å². The van der Waals surface area contributed by atoms with E-state index in [4.69, 9.17) is 14.7 Å². The second-order valence-corrected chi connectivity index (χ2v) is 6.37. The molecule has 2 fully saturated rings. The highest BCUT2D eigenvalue weighted by Crippen LogP contribution is 2.32. The first-order chi connectivity index (χ1) is 9.30. The predicted molar refractivity (Wildman–Crippen MR) is 69.5 cm³/mol. The van der Waals surface area contributed by atoms with Crippen LogP contribution in [0.15, 0.2) is 0 Å². The number of rotatable bonds is 2. The van der Waals surface area contributed by atoms with E-state index in [1.165, 1.54) is 4.90 Å². The van der Waals surface area contributed by atoms with Gasteiger partial charge >= 0.3 is 12.1 Å². The molecule has 110 valence electrons. The lowest BCUT2D eigenvalue weighted by Crippen LogP contribution is -2.36. The first-order valence-corrected chi connectivity index (χ1v) is 6.88. The summed E-state index contributed by atoms with van der Waals surface area (Å²) < 4.78 is 10.6. The Bertz CT molecular complexity index is 445. The van der Waals surface area contributed by atoms with E-state index in [0.29, 0.717) is 0 Å². The van der Waals surface area contributed by atoms with Crippen molar-refractivity contribution in [2.24, 2.45) is 11.8 Å². The van der Waals surface area contributed by atoms with E-state index < -0.39 is 23.7 Å². The minimum Gasteiger partial charge on any atom is -0.459 e. The van der Waals surface area contributed by atoms with Crippen LogP contribution in [0.2, 0.25) is 0 Å². The summed E-state index contributed by atoms with van der Waals surface area (Å²) in [7, 11) is 0. The Morgan fingerprint density at radius 3 is 2.40 bits per heavy atom. The summed E-state index contributed by atoms with van der Waals surface area (Å²) in [6.07, 6.45) is 0.709. The molecule has 0 aromatic rings. The van der Waals surface area contributed by atoms with Crippen LogP contribution in [0.4, 0.5) is 4.79 Å². The molecule has 20 heavy (non-hydrogen) atoms. The molecule has 1 aliphatic heterocycles.